The van der Waals surface area contributed by atoms with Crippen molar-refractivity contribution >= 4 is 14.3 Å². The van der Waals surface area contributed by atoms with Crippen LogP contribution in [0.15, 0.2) is 23.8 Å². The number of esters is 1. The monoisotopic (exact) mass is 584 g/mol. The maximum atomic E-state index is 12.6. The molecule has 2 atom stereocenters. The Morgan fingerprint density at radius 1 is 1.02 bits per heavy atom. The summed E-state index contributed by atoms with van der Waals surface area (Å²) in [5, 5.41) is 0.0819. The van der Waals surface area contributed by atoms with Crippen molar-refractivity contribution in [1.29, 1.82) is 0 Å². The quantitative estimate of drug-likeness (QED) is 0.119. The maximum Gasteiger partial charge on any atom is 0.311 e. The van der Waals surface area contributed by atoms with E-state index in [2.05, 4.69) is 86.7 Å². The fraction of sp³-hybridized carbons (Fsp3) is 0.750. The molecule has 3 rings (SSSR count). The molecule has 1 heterocycles. The normalized spacial score (nSPS) is 20.9. The molecule has 1 aromatic rings. The zero-order valence-electron chi connectivity index (χ0n) is 28.7. The van der Waals surface area contributed by atoms with Gasteiger partial charge in [0.25, 0.3) is 0 Å². The Morgan fingerprint density at radius 2 is 1.68 bits per heavy atom. The van der Waals surface area contributed by atoms with Gasteiger partial charge in [0.15, 0.2) is 0 Å². The van der Waals surface area contributed by atoms with E-state index in [1.54, 1.807) is 0 Å². The number of unbranched alkanes of at least 4 members (excludes halogenated alkanes) is 3. The lowest BCUT2D eigenvalue weighted by atomic mass is 9.66. The highest BCUT2D eigenvalue weighted by atomic mass is 28.4. The molecule has 232 valence electrons. The second-order valence-electron chi connectivity index (χ2n) is 16.5. The lowest BCUT2D eigenvalue weighted by Crippen LogP contribution is -2.47. The number of carbonyl (C=O) groups is 1. The number of fused-ring (bicyclic) bond motifs is 3. The van der Waals surface area contributed by atoms with Crippen molar-refractivity contribution in [2.75, 3.05) is 6.61 Å². The smallest absolute Gasteiger partial charge is 0.311 e. The summed E-state index contributed by atoms with van der Waals surface area (Å²) in [5.74, 6) is 2.43. The third-order valence-corrected chi connectivity index (χ3v) is 14.3. The minimum Gasteiger partial charge on any atom is -0.543 e. The fourth-order valence-corrected chi connectivity index (χ4v) is 7.01. The van der Waals surface area contributed by atoms with Crippen LogP contribution in [0.3, 0.4) is 0 Å². The van der Waals surface area contributed by atoms with E-state index in [9.17, 15) is 4.79 Å². The first-order chi connectivity index (χ1) is 18.7. The Labute approximate surface area is 253 Å². The standard InChI is InChI=1S/C36H60O4Si/c1-14-15-16-17-20-35(8,9)26-22-29-31(30(23-26)40-41(12,13)34(5,6)7)27-21-25(24-38-32(37)33(2,3)4)18-19-28(27)36(10,11)39-29/h18,22-23,27-28H,14-17,19-21,24H2,1-13H3/t27-,28-/m1/s1. The summed E-state index contributed by atoms with van der Waals surface area (Å²) < 4.78 is 19.9. The first-order valence-corrected chi connectivity index (χ1v) is 19.0. The zero-order chi connectivity index (χ0) is 31.0. The summed E-state index contributed by atoms with van der Waals surface area (Å²) in [6.07, 6.45) is 10.2. The van der Waals surface area contributed by atoms with E-state index >= 15 is 0 Å². The SMILES string of the molecule is CCCCCCC(C)(C)c1cc2c(c(O[Si](C)(C)C(C)(C)C)c1)[C@@H]1CC(COC(=O)C(C)(C)C)=CC[C@H]1C(C)(C)O2. The van der Waals surface area contributed by atoms with E-state index < -0.39 is 13.7 Å². The van der Waals surface area contributed by atoms with Crippen LogP contribution in [0.4, 0.5) is 0 Å². The molecule has 0 spiro atoms. The van der Waals surface area contributed by atoms with Crippen molar-refractivity contribution in [2.45, 2.75) is 156 Å². The summed E-state index contributed by atoms with van der Waals surface area (Å²) in [7, 11) is -2.12. The molecule has 4 nitrogen and oxygen atoms in total. The van der Waals surface area contributed by atoms with Crippen LogP contribution in [0.5, 0.6) is 11.5 Å². The Bertz CT molecular complexity index is 1110. The minimum absolute atomic E-state index is 0.0252. The van der Waals surface area contributed by atoms with Crippen molar-refractivity contribution in [2.24, 2.45) is 11.3 Å². The predicted octanol–water partition coefficient (Wildman–Crippen LogP) is 10.5. The number of ether oxygens (including phenoxy) is 2. The van der Waals surface area contributed by atoms with Gasteiger partial charge >= 0.3 is 5.97 Å². The number of carbonyl (C=O) groups excluding carboxylic acids is 1. The third kappa shape index (κ3) is 7.80. The highest BCUT2D eigenvalue weighted by Gasteiger charge is 2.48. The van der Waals surface area contributed by atoms with E-state index in [4.69, 9.17) is 13.9 Å². The van der Waals surface area contributed by atoms with Gasteiger partial charge in [-0.25, -0.2) is 0 Å². The van der Waals surface area contributed by atoms with Gasteiger partial charge in [0.2, 0.25) is 8.32 Å². The summed E-state index contributed by atoms with van der Waals surface area (Å²) in [4.78, 5) is 12.6. The molecule has 0 unspecified atom stereocenters. The van der Waals surface area contributed by atoms with Crippen LogP contribution in [0.2, 0.25) is 18.1 Å². The highest BCUT2D eigenvalue weighted by molar-refractivity contribution is 6.74. The predicted molar refractivity (Wildman–Crippen MR) is 175 cm³/mol. The molecule has 5 heteroatoms. The van der Waals surface area contributed by atoms with Crippen molar-refractivity contribution in [3.63, 3.8) is 0 Å². The lowest BCUT2D eigenvalue weighted by Gasteiger charge is -2.48. The van der Waals surface area contributed by atoms with Gasteiger partial charge in [0, 0.05) is 17.4 Å². The first-order valence-electron chi connectivity index (χ1n) is 16.1. The van der Waals surface area contributed by atoms with Crippen LogP contribution in [-0.4, -0.2) is 26.5 Å². The number of benzene rings is 1. The third-order valence-electron chi connectivity index (χ3n) is 9.98. The van der Waals surface area contributed by atoms with Gasteiger partial charge < -0.3 is 13.9 Å². The molecule has 0 radical (unpaired) electrons. The van der Waals surface area contributed by atoms with Gasteiger partial charge in [-0.05, 0) is 101 Å². The molecular weight excluding hydrogens is 524 g/mol. The number of allylic oxidation sites excluding steroid dienone is 1. The van der Waals surface area contributed by atoms with E-state index in [-0.39, 0.29) is 27.9 Å². The molecule has 1 aliphatic carbocycles. The highest BCUT2D eigenvalue weighted by Crippen LogP contribution is 2.56. The fourth-order valence-electron chi connectivity index (χ4n) is 5.98. The van der Waals surface area contributed by atoms with Gasteiger partial charge in [-0.2, -0.15) is 0 Å². The van der Waals surface area contributed by atoms with Crippen LogP contribution in [0.1, 0.15) is 138 Å². The molecule has 2 aliphatic rings. The number of rotatable bonds is 10. The minimum atomic E-state index is -2.12. The number of hydrogen-bond donors (Lipinski definition) is 0. The van der Waals surface area contributed by atoms with Crippen LogP contribution < -0.4 is 9.16 Å². The Hall–Kier alpha value is -1.75. The average Bonchev–Trinajstić information content (AvgIpc) is 2.82. The number of hydrogen-bond acceptors (Lipinski definition) is 4. The van der Waals surface area contributed by atoms with Crippen molar-refractivity contribution in [1.82, 2.24) is 0 Å². The molecule has 0 fully saturated rings. The summed E-state index contributed by atoms with van der Waals surface area (Å²) in [5.41, 5.74) is 2.94. The van der Waals surface area contributed by atoms with Gasteiger partial charge in [-0.3, -0.25) is 4.79 Å². The van der Waals surface area contributed by atoms with E-state index in [1.807, 2.05) is 20.8 Å². The molecule has 0 amide bonds. The average molecular weight is 585 g/mol. The Balaban J connectivity index is 2.07. The van der Waals surface area contributed by atoms with Gasteiger partial charge in [-0.1, -0.05) is 73.3 Å². The first kappa shape index (κ1) is 33.7. The van der Waals surface area contributed by atoms with E-state index in [0.717, 1.165) is 30.8 Å². The molecule has 1 aliphatic heterocycles. The molecule has 0 saturated heterocycles. The topological polar surface area (TPSA) is 44.8 Å². The Kier molecular flexibility index (Phi) is 9.95. The second-order valence-corrected chi connectivity index (χ2v) is 21.2. The zero-order valence-corrected chi connectivity index (χ0v) is 29.7. The lowest BCUT2D eigenvalue weighted by molar-refractivity contribution is -0.152. The van der Waals surface area contributed by atoms with Gasteiger partial charge in [0.05, 0.1) is 5.41 Å². The van der Waals surface area contributed by atoms with Crippen molar-refractivity contribution in [3.8, 4) is 11.5 Å². The molecular formula is C36H60O4Si. The van der Waals surface area contributed by atoms with Crippen LogP contribution in [0.25, 0.3) is 0 Å². The van der Waals surface area contributed by atoms with E-state index in [0.29, 0.717) is 12.5 Å². The maximum absolute atomic E-state index is 12.6. The molecule has 0 saturated carbocycles. The van der Waals surface area contributed by atoms with Crippen molar-refractivity contribution < 1.29 is 18.7 Å². The molecule has 0 N–H and O–H groups in total. The second kappa shape index (κ2) is 12.1. The molecule has 0 aromatic heterocycles. The van der Waals surface area contributed by atoms with Gasteiger partial charge in [-0.15, -0.1) is 0 Å². The van der Waals surface area contributed by atoms with Crippen LogP contribution >= 0.6 is 0 Å². The molecule has 1 aromatic carbocycles. The van der Waals surface area contributed by atoms with Gasteiger partial charge in [0.1, 0.15) is 23.7 Å². The summed E-state index contributed by atoms with van der Waals surface area (Å²) in [6.45, 7) is 29.2. The summed E-state index contributed by atoms with van der Waals surface area (Å²) in [6, 6.07) is 4.68. The molecule has 0 bridgehead atoms. The summed E-state index contributed by atoms with van der Waals surface area (Å²) >= 11 is 0. The van der Waals surface area contributed by atoms with Crippen LogP contribution in [0, 0.1) is 11.3 Å². The van der Waals surface area contributed by atoms with Crippen LogP contribution in [-0.2, 0) is 14.9 Å². The molecule has 41 heavy (non-hydrogen) atoms. The van der Waals surface area contributed by atoms with E-state index in [1.165, 1.54) is 42.4 Å². The Morgan fingerprint density at radius 3 is 2.27 bits per heavy atom. The van der Waals surface area contributed by atoms with Crippen molar-refractivity contribution in [3.05, 3.63) is 34.9 Å². The largest absolute Gasteiger partial charge is 0.543 e.